The van der Waals surface area contributed by atoms with Gasteiger partial charge in [-0.2, -0.15) is 0 Å². The summed E-state index contributed by atoms with van der Waals surface area (Å²) >= 11 is 15.8. The van der Waals surface area contributed by atoms with Gasteiger partial charge in [0.05, 0.1) is 33.7 Å². The summed E-state index contributed by atoms with van der Waals surface area (Å²) < 4.78 is 8.17. The van der Waals surface area contributed by atoms with Crippen LogP contribution < -0.4 is 4.74 Å². The fourth-order valence-corrected chi connectivity index (χ4v) is 3.10. The van der Waals surface area contributed by atoms with Gasteiger partial charge in [0.15, 0.2) is 0 Å². The molecule has 0 aliphatic carbocycles. The van der Waals surface area contributed by atoms with Gasteiger partial charge in [-0.3, -0.25) is 4.57 Å². The Bertz CT molecular complexity index is 817. The average molecular weight is 386 g/mol. The Kier molecular flexibility index (Phi) is 4.11. The number of para-hydroxylation sites is 1. The molecule has 0 atom stereocenters. The van der Waals surface area contributed by atoms with E-state index in [1.165, 1.54) is 0 Å². The molecule has 3 nitrogen and oxygen atoms in total. The molecule has 3 aromatic rings. The molecule has 0 unspecified atom stereocenters. The second-order valence-electron chi connectivity index (χ2n) is 4.40. The van der Waals surface area contributed by atoms with Crippen LogP contribution in [0.1, 0.15) is 5.82 Å². The van der Waals surface area contributed by atoms with Crippen LogP contribution in [-0.4, -0.2) is 16.7 Å². The Morgan fingerprint density at radius 2 is 2.00 bits per heavy atom. The summed E-state index contributed by atoms with van der Waals surface area (Å²) in [6.45, 7) is 0. The van der Waals surface area contributed by atoms with Crippen LogP contribution in [0.25, 0.3) is 16.7 Å². The minimum absolute atomic E-state index is 0.288. The quantitative estimate of drug-likeness (QED) is 0.580. The molecule has 21 heavy (non-hydrogen) atoms. The SMILES string of the molecule is COc1cccc2c1nc(CCl)n2-c1cccc(Cl)c1Br. The maximum absolute atomic E-state index is 6.20. The van der Waals surface area contributed by atoms with Crippen LogP contribution in [-0.2, 0) is 5.88 Å². The number of methoxy groups -OCH3 is 1. The van der Waals surface area contributed by atoms with Crippen LogP contribution >= 0.6 is 39.1 Å². The third-order valence-corrected chi connectivity index (χ3v) is 4.84. The van der Waals surface area contributed by atoms with Gasteiger partial charge in [-0.05, 0) is 40.2 Å². The second kappa shape index (κ2) is 5.87. The summed E-state index contributed by atoms with van der Waals surface area (Å²) in [4.78, 5) is 4.59. The number of hydrogen-bond donors (Lipinski definition) is 0. The van der Waals surface area contributed by atoms with Crippen molar-refractivity contribution in [1.82, 2.24) is 9.55 Å². The van der Waals surface area contributed by atoms with E-state index in [1.807, 2.05) is 41.0 Å². The fraction of sp³-hybridized carbons (Fsp3) is 0.133. The largest absolute Gasteiger partial charge is 0.494 e. The first-order valence-electron chi connectivity index (χ1n) is 6.22. The Balaban J connectivity index is 2.38. The lowest BCUT2D eigenvalue weighted by Crippen LogP contribution is -2.00. The Morgan fingerprint density at radius 1 is 1.24 bits per heavy atom. The summed E-state index contributed by atoms with van der Waals surface area (Å²) in [6, 6.07) is 11.5. The van der Waals surface area contributed by atoms with Crippen LogP contribution in [0.2, 0.25) is 5.02 Å². The number of alkyl halides is 1. The number of halogens is 3. The van der Waals surface area contributed by atoms with Crippen LogP contribution in [0.15, 0.2) is 40.9 Å². The van der Waals surface area contributed by atoms with Crippen LogP contribution in [0.4, 0.5) is 0 Å². The number of ether oxygens (including phenoxy) is 1. The van der Waals surface area contributed by atoms with Gasteiger partial charge in [0.2, 0.25) is 0 Å². The molecule has 0 aliphatic heterocycles. The summed E-state index contributed by atoms with van der Waals surface area (Å²) in [5.41, 5.74) is 2.60. The monoisotopic (exact) mass is 384 g/mol. The number of aromatic nitrogens is 2. The standard InChI is InChI=1S/C15H11BrCl2N2O/c1-21-12-7-3-6-11-15(12)19-13(8-17)20(11)10-5-2-4-9(18)14(10)16/h2-7H,8H2,1H3. The first-order valence-corrected chi connectivity index (χ1v) is 7.92. The van der Waals surface area contributed by atoms with E-state index in [4.69, 9.17) is 27.9 Å². The molecule has 6 heteroatoms. The third-order valence-electron chi connectivity index (χ3n) is 3.23. The third kappa shape index (κ3) is 2.41. The average Bonchev–Trinajstić information content (AvgIpc) is 2.88. The highest BCUT2D eigenvalue weighted by Crippen LogP contribution is 2.34. The van der Waals surface area contributed by atoms with Crippen LogP contribution in [0, 0.1) is 0 Å². The molecule has 108 valence electrons. The molecule has 0 N–H and O–H groups in total. The van der Waals surface area contributed by atoms with E-state index in [9.17, 15) is 0 Å². The number of nitrogens with zero attached hydrogens (tertiary/aromatic N) is 2. The molecule has 0 radical (unpaired) electrons. The van der Waals surface area contributed by atoms with Crippen molar-refractivity contribution in [3.05, 3.63) is 51.7 Å². The molecule has 1 aromatic heterocycles. The topological polar surface area (TPSA) is 27.1 Å². The van der Waals surface area contributed by atoms with Crippen LogP contribution in [0.5, 0.6) is 5.75 Å². The summed E-state index contributed by atoms with van der Waals surface area (Å²) in [5.74, 6) is 1.74. The minimum atomic E-state index is 0.288. The van der Waals surface area contributed by atoms with E-state index in [2.05, 4.69) is 20.9 Å². The van der Waals surface area contributed by atoms with E-state index >= 15 is 0 Å². The molecule has 2 aromatic carbocycles. The zero-order valence-corrected chi connectivity index (χ0v) is 14.2. The lowest BCUT2D eigenvalue weighted by molar-refractivity contribution is 0.419. The van der Waals surface area contributed by atoms with Crippen molar-refractivity contribution in [1.29, 1.82) is 0 Å². The zero-order valence-electron chi connectivity index (χ0n) is 11.1. The number of fused-ring (bicyclic) bond motifs is 1. The summed E-state index contributed by atoms with van der Waals surface area (Å²) in [5, 5.41) is 0.637. The molecule has 1 heterocycles. The highest BCUT2D eigenvalue weighted by atomic mass is 79.9. The van der Waals surface area contributed by atoms with Crippen molar-refractivity contribution < 1.29 is 4.74 Å². The van der Waals surface area contributed by atoms with E-state index in [0.717, 1.165) is 32.8 Å². The van der Waals surface area contributed by atoms with E-state index < -0.39 is 0 Å². The molecule has 0 bridgehead atoms. The van der Waals surface area contributed by atoms with Gasteiger partial charge in [-0.25, -0.2) is 4.98 Å². The van der Waals surface area contributed by atoms with Crippen molar-refractivity contribution >= 4 is 50.2 Å². The normalized spacial score (nSPS) is 11.0. The van der Waals surface area contributed by atoms with Crippen LogP contribution in [0.3, 0.4) is 0 Å². The number of hydrogen-bond acceptors (Lipinski definition) is 2. The number of benzene rings is 2. The molecule has 3 rings (SSSR count). The molecule has 0 saturated carbocycles. The molecular weight excluding hydrogens is 375 g/mol. The Hall–Kier alpha value is -1.23. The lowest BCUT2D eigenvalue weighted by atomic mass is 10.2. The molecular formula is C15H11BrCl2N2O. The highest BCUT2D eigenvalue weighted by molar-refractivity contribution is 9.10. The van der Waals surface area contributed by atoms with E-state index in [-0.39, 0.29) is 5.88 Å². The van der Waals surface area contributed by atoms with Crippen molar-refractivity contribution in [2.75, 3.05) is 7.11 Å². The van der Waals surface area contributed by atoms with Gasteiger partial charge >= 0.3 is 0 Å². The molecule has 0 amide bonds. The van der Waals surface area contributed by atoms with Gasteiger partial charge < -0.3 is 4.74 Å². The van der Waals surface area contributed by atoms with E-state index in [1.54, 1.807) is 7.11 Å². The molecule has 0 spiro atoms. The first kappa shape index (κ1) is 14.7. The number of rotatable bonds is 3. The van der Waals surface area contributed by atoms with Gasteiger partial charge in [-0.15, -0.1) is 11.6 Å². The maximum Gasteiger partial charge on any atom is 0.146 e. The van der Waals surface area contributed by atoms with Gasteiger partial charge in [0.25, 0.3) is 0 Å². The summed E-state index contributed by atoms with van der Waals surface area (Å²) in [7, 11) is 1.63. The number of imidazole rings is 1. The van der Waals surface area contributed by atoms with Gasteiger partial charge in [0.1, 0.15) is 17.1 Å². The van der Waals surface area contributed by atoms with Crippen molar-refractivity contribution in [2.24, 2.45) is 0 Å². The summed E-state index contributed by atoms with van der Waals surface area (Å²) in [6.07, 6.45) is 0. The minimum Gasteiger partial charge on any atom is -0.494 e. The zero-order chi connectivity index (χ0) is 15.0. The first-order chi connectivity index (χ1) is 10.2. The predicted molar refractivity (Wildman–Crippen MR) is 89.9 cm³/mol. The molecule has 0 fully saturated rings. The second-order valence-corrected chi connectivity index (χ2v) is 5.87. The van der Waals surface area contributed by atoms with Crippen molar-refractivity contribution in [2.45, 2.75) is 5.88 Å². The lowest BCUT2D eigenvalue weighted by Gasteiger charge is -2.11. The highest BCUT2D eigenvalue weighted by Gasteiger charge is 2.17. The van der Waals surface area contributed by atoms with Gasteiger partial charge in [0, 0.05) is 0 Å². The Morgan fingerprint density at radius 3 is 2.71 bits per heavy atom. The van der Waals surface area contributed by atoms with Crippen molar-refractivity contribution in [3.8, 4) is 11.4 Å². The maximum atomic E-state index is 6.20. The predicted octanol–water partition coefficient (Wildman–Crippen LogP) is 5.19. The smallest absolute Gasteiger partial charge is 0.146 e. The molecule has 0 aliphatic rings. The van der Waals surface area contributed by atoms with Gasteiger partial charge in [-0.1, -0.05) is 23.7 Å². The van der Waals surface area contributed by atoms with E-state index in [0.29, 0.717) is 5.02 Å². The fourth-order valence-electron chi connectivity index (χ4n) is 2.31. The molecule has 0 saturated heterocycles. The van der Waals surface area contributed by atoms with Crippen molar-refractivity contribution in [3.63, 3.8) is 0 Å². The Labute approximate surface area is 140 Å².